The summed E-state index contributed by atoms with van der Waals surface area (Å²) in [4.78, 5) is -0.130. The number of rotatable bonds is 4. The minimum Gasteiger partial charge on any atom is -0.279 e. The predicted molar refractivity (Wildman–Crippen MR) is 77.9 cm³/mol. The second-order valence-electron chi connectivity index (χ2n) is 4.27. The van der Waals surface area contributed by atoms with E-state index < -0.39 is 15.8 Å². The van der Waals surface area contributed by atoms with Gasteiger partial charge in [-0.25, -0.2) is 12.8 Å². The van der Waals surface area contributed by atoms with Crippen molar-refractivity contribution in [1.82, 2.24) is 0 Å². The molecule has 0 aliphatic rings. The zero-order chi connectivity index (χ0) is 14.8. The first-order valence-corrected chi connectivity index (χ1v) is 7.83. The van der Waals surface area contributed by atoms with Gasteiger partial charge in [0.2, 0.25) is 0 Å². The lowest BCUT2D eigenvalue weighted by atomic mass is 10.1. The van der Waals surface area contributed by atoms with Gasteiger partial charge in [-0.2, -0.15) is 0 Å². The topological polar surface area (TPSA) is 46.2 Å². The highest BCUT2D eigenvalue weighted by atomic mass is 35.5. The minimum atomic E-state index is -3.84. The summed E-state index contributed by atoms with van der Waals surface area (Å²) in [6.07, 6.45) is 0. The standard InChI is InChI=1S/C14H13ClFNO2S/c1-10(15)13-7-2-3-8-14(13)17-20(18,19)12-6-4-5-11(16)9-12/h2-10,17H,1H3. The van der Waals surface area contributed by atoms with Gasteiger partial charge in [-0.3, -0.25) is 4.72 Å². The number of alkyl halides is 1. The number of hydrogen-bond acceptors (Lipinski definition) is 2. The van der Waals surface area contributed by atoms with Gasteiger partial charge in [0.05, 0.1) is 16.0 Å². The molecule has 1 unspecified atom stereocenters. The molecule has 6 heteroatoms. The number of sulfonamides is 1. The van der Waals surface area contributed by atoms with Gasteiger partial charge in [0, 0.05) is 0 Å². The Kier molecular flexibility index (Phi) is 4.30. The molecule has 0 amide bonds. The van der Waals surface area contributed by atoms with Crippen molar-refractivity contribution in [1.29, 1.82) is 0 Å². The molecule has 1 N–H and O–H groups in total. The fourth-order valence-corrected chi connectivity index (χ4v) is 3.08. The Morgan fingerprint density at radius 3 is 2.50 bits per heavy atom. The smallest absolute Gasteiger partial charge is 0.262 e. The van der Waals surface area contributed by atoms with Crippen LogP contribution in [0.25, 0.3) is 0 Å². The molecule has 0 saturated heterocycles. The highest BCUT2D eigenvalue weighted by Gasteiger charge is 2.17. The second kappa shape index (κ2) is 5.81. The highest BCUT2D eigenvalue weighted by Crippen LogP contribution is 2.28. The molecule has 2 aromatic rings. The van der Waals surface area contributed by atoms with Gasteiger partial charge < -0.3 is 0 Å². The van der Waals surface area contributed by atoms with E-state index in [9.17, 15) is 12.8 Å². The van der Waals surface area contributed by atoms with E-state index in [1.54, 1.807) is 31.2 Å². The maximum atomic E-state index is 13.1. The van der Waals surface area contributed by atoms with Gasteiger partial charge in [-0.15, -0.1) is 11.6 Å². The van der Waals surface area contributed by atoms with Crippen LogP contribution in [0.15, 0.2) is 53.4 Å². The van der Waals surface area contributed by atoms with E-state index in [1.807, 2.05) is 0 Å². The lowest BCUT2D eigenvalue weighted by molar-refractivity contribution is 0.595. The molecule has 106 valence electrons. The molecule has 0 heterocycles. The zero-order valence-corrected chi connectivity index (χ0v) is 12.2. The molecule has 0 spiro atoms. The van der Waals surface area contributed by atoms with Crippen molar-refractivity contribution in [2.45, 2.75) is 17.2 Å². The van der Waals surface area contributed by atoms with Crippen LogP contribution in [-0.2, 0) is 10.0 Å². The molecule has 3 nitrogen and oxygen atoms in total. The van der Waals surface area contributed by atoms with Crippen LogP contribution in [0.3, 0.4) is 0 Å². The van der Waals surface area contributed by atoms with Crippen molar-refractivity contribution >= 4 is 27.3 Å². The van der Waals surface area contributed by atoms with Gasteiger partial charge >= 0.3 is 0 Å². The number of para-hydroxylation sites is 1. The first-order chi connectivity index (χ1) is 9.40. The maximum Gasteiger partial charge on any atom is 0.262 e. The molecule has 0 aliphatic carbocycles. The van der Waals surface area contributed by atoms with Gasteiger partial charge in [0.15, 0.2) is 0 Å². The maximum absolute atomic E-state index is 13.1. The van der Waals surface area contributed by atoms with Crippen LogP contribution < -0.4 is 4.72 Å². The number of anilines is 1. The Morgan fingerprint density at radius 2 is 1.85 bits per heavy atom. The quantitative estimate of drug-likeness (QED) is 0.869. The van der Waals surface area contributed by atoms with Gasteiger partial charge in [0.1, 0.15) is 5.82 Å². The molecule has 0 bridgehead atoms. The van der Waals surface area contributed by atoms with Gasteiger partial charge in [0.25, 0.3) is 10.0 Å². The van der Waals surface area contributed by atoms with Crippen LogP contribution in [0.1, 0.15) is 17.9 Å². The number of nitrogens with one attached hydrogen (secondary N) is 1. The van der Waals surface area contributed by atoms with Crippen LogP contribution in [0.5, 0.6) is 0 Å². The SMILES string of the molecule is CC(Cl)c1ccccc1NS(=O)(=O)c1cccc(F)c1. The summed E-state index contributed by atoms with van der Waals surface area (Å²) >= 11 is 6.01. The van der Waals surface area contributed by atoms with Crippen molar-refractivity contribution in [3.8, 4) is 0 Å². The monoisotopic (exact) mass is 313 g/mol. The molecule has 0 aromatic heterocycles. The first kappa shape index (κ1) is 14.8. The number of benzene rings is 2. The van der Waals surface area contributed by atoms with E-state index in [4.69, 9.17) is 11.6 Å². The molecular formula is C14H13ClFNO2S. The average molecular weight is 314 g/mol. The third kappa shape index (κ3) is 3.29. The summed E-state index contributed by atoms with van der Waals surface area (Å²) in [6, 6.07) is 11.7. The van der Waals surface area contributed by atoms with Crippen LogP contribution in [0, 0.1) is 5.82 Å². The summed E-state index contributed by atoms with van der Waals surface area (Å²) in [5.74, 6) is -0.605. The number of hydrogen-bond donors (Lipinski definition) is 1. The van der Waals surface area contributed by atoms with Crippen LogP contribution in [-0.4, -0.2) is 8.42 Å². The Morgan fingerprint density at radius 1 is 1.15 bits per heavy atom. The van der Waals surface area contributed by atoms with Crippen molar-refractivity contribution in [3.05, 3.63) is 59.9 Å². The molecule has 0 fully saturated rings. The van der Waals surface area contributed by atoms with Crippen molar-refractivity contribution in [2.24, 2.45) is 0 Å². The van der Waals surface area contributed by atoms with Crippen LogP contribution >= 0.6 is 11.6 Å². The van der Waals surface area contributed by atoms with E-state index in [1.165, 1.54) is 18.2 Å². The van der Waals surface area contributed by atoms with Gasteiger partial charge in [-0.1, -0.05) is 24.3 Å². The fraction of sp³-hybridized carbons (Fsp3) is 0.143. The lowest BCUT2D eigenvalue weighted by Crippen LogP contribution is -2.14. The summed E-state index contributed by atoms with van der Waals surface area (Å²) < 4.78 is 40.0. The highest BCUT2D eigenvalue weighted by molar-refractivity contribution is 7.92. The molecule has 2 rings (SSSR count). The van der Waals surface area contributed by atoms with Crippen LogP contribution in [0.2, 0.25) is 0 Å². The largest absolute Gasteiger partial charge is 0.279 e. The van der Waals surface area contributed by atoms with Gasteiger partial charge in [-0.05, 0) is 36.8 Å². The Labute approximate surface area is 122 Å². The first-order valence-electron chi connectivity index (χ1n) is 5.91. The predicted octanol–water partition coefficient (Wildman–Crippen LogP) is 3.93. The van der Waals surface area contributed by atoms with Crippen LogP contribution in [0.4, 0.5) is 10.1 Å². The van der Waals surface area contributed by atoms with E-state index in [0.717, 1.165) is 6.07 Å². The summed E-state index contributed by atoms with van der Waals surface area (Å²) in [5.41, 5.74) is 1.05. The van der Waals surface area contributed by atoms with E-state index in [-0.39, 0.29) is 10.3 Å². The second-order valence-corrected chi connectivity index (χ2v) is 6.60. The average Bonchev–Trinajstić information content (AvgIpc) is 2.38. The van der Waals surface area contributed by atoms with E-state index in [0.29, 0.717) is 11.3 Å². The molecule has 0 radical (unpaired) electrons. The fourth-order valence-electron chi connectivity index (χ4n) is 1.77. The number of halogens is 2. The summed E-state index contributed by atoms with van der Waals surface area (Å²) in [7, 11) is -3.84. The normalized spacial score (nSPS) is 12.9. The van der Waals surface area contributed by atoms with E-state index >= 15 is 0 Å². The van der Waals surface area contributed by atoms with Crippen molar-refractivity contribution < 1.29 is 12.8 Å². The lowest BCUT2D eigenvalue weighted by Gasteiger charge is -2.13. The molecule has 0 aliphatic heterocycles. The molecule has 2 aromatic carbocycles. The Balaban J connectivity index is 2.39. The Hall–Kier alpha value is -1.59. The molecule has 1 atom stereocenters. The van der Waals surface area contributed by atoms with Crippen molar-refractivity contribution in [2.75, 3.05) is 4.72 Å². The summed E-state index contributed by atoms with van der Waals surface area (Å²) in [5, 5.41) is -0.346. The Bertz CT molecular complexity index is 717. The third-order valence-corrected chi connectivity index (χ3v) is 4.34. The van der Waals surface area contributed by atoms with Crippen molar-refractivity contribution in [3.63, 3.8) is 0 Å². The minimum absolute atomic E-state index is 0.130. The molecule has 20 heavy (non-hydrogen) atoms. The zero-order valence-electron chi connectivity index (χ0n) is 10.7. The van der Waals surface area contributed by atoms with E-state index in [2.05, 4.69) is 4.72 Å². The summed E-state index contributed by atoms with van der Waals surface area (Å²) in [6.45, 7) is 1.75. The molecular weight excluding hydrogens is 301 g/mol. The molecule has 0 saturated carbocycles. The third-order valence-electron chi connectivity index (χ3n) is 2.74.